The van der Waals surface area contributed by atoms with E-state index in [2.05, 4.69) is 43.3 Å². The highest BCUT2D eigenvalue weighted by molar-refractivity contribution is 7.10. The molecule has 1 fully saturated rings. The number of carbonyl (C=O) groups is 1. The van der Waals surface area contributed by atoms with Gasteiger partial charge in [0.2, 0.25) is 0 Å². The molecule has 0 saturated carbocycles. The highest BCUT2D eigenvalue weighted by atomic mass is 32.1. The van der Waals surface area contributed by atoms with Gasteiger partial charge >= 0.3 is 0 Å². The molecule has 0 spiro atoms. The zero-order chi connectivity index (χ0) is 21.8. The van der Waals surface area contributed by atoms with E-state index in [4.69, 9.17) is 0 Å². The van der Waals surface area contributed by atoms with Crippen molar-refractivity contribution in [1.82, 2.24) is 30.2 Å². The summed E-state index contributed by atoms with van der Waals surface area (Å²) in [6.45, 7) is 10.3. The van der Waals surface area contributed by atoms with Gasteiger partial charge in [0.25, 0.3) is 5.91 Å². The van der Waals surface area contributed by atoms with E-state index in [-0.39, 0.29) is 18.1 Å². The van der Waals surface area contributed by atoms with Crippen LogP contribution in [0, 0.1) is 5.82 Å². The molecule has 0 unspecified atom stereocenters. The molecule has 0 aliphatic carbocycles. The lowest BCUT2D eigenvalue weighted by molar-refractivity contribution is 0.0945. The van der Waals surface area contributed by atoms with Crippen LogP contribution in [0.4, 0.5) is 4.39 Å². The summed E-state index contributed by atoms with van der Waals surface area (Å²) in [5.74, 6) is 0.486. The van der Waals surface area contributed by atoms with E-state index in [1.807, 2.05) is 0 Å². The molecule has 31 heavy (non-hydrogen) atoms. The van der Waals surface area contributed by atoms with Crippen molar-refractivity contribution in [3.8, 4) is 0 Å². The summed E-state index contributed by atoms with van der Waals surface area (Å²) in [6, 6.07) is 2.83. The van der Waals surface area contributed by atoms with Crippen molar-refractivity contribution in [1.29, 1.82) is 0 Å². The topological polar surface area (TPSA) is 86.8 Å². The Bertz CT molecular complexity index is 1080. The number of imidazole rings is 1. The Labute approximate surface area is 183 Å². The predicted molar refractivity (Wildman–Crippen MR) is 119 cm³/mol. The van der Waals surface area contributed by atoms with Crippen LogP contribution in [0.25, 0.3) is 12.2 Å². The van der Waals surface area contributed by atoms with Crippen LogP contribution in [-0.2, 0) is 13.0 Å². The highest BCUT2D eigenvalue weighted by Gasteiger charge is 2.30. The highest BCUT2D eigenvalue weighted by Crippen LogP contribution is 2.29. The van der Waals surface area contributed by atoms with Crippen LogP contribution in [0.3, 0.4) is 0 Å². The Balaban J connectivity index is 1.24. The van der Waals surface area contributed by atoms with Crippen molar-refractivity contribution < 1.29 is 9.18 Å². The number of amides is 1. The van der Waals surface area contributed by atoms with Gasteiger partial charge in [0.1, 0.15) is 17.3 Å². The van der Waals surface area contributed by atoms with E-state index in [0.717, 1.165) is 48.3 Å². The monoisotopic (exact) mass is 438 g/mol. The number of nitrogens with one attached hydrogen (secondary N) is 2. The minimum atomic E-state index is -0.438. The third kappa shape index (κ3) is 4.78. The molecule has 0 radical (unpaired) electrons. The van der Waals surface area contributed by atoms with E-state index in [1.165, 1.54) is 29.7 Å². The van der Waals surface area contributed by atoms with Gasteiger partial charge in [-0.1, -0.05) is 13.2 Å². The van der Waals surface area contributed by atoms with E-state index < -0.39 is 5.82 Å². The lowest BCUT2D eigenvalue weighted by Gasteiger charge is -2.37. The quantitative estimate of drug-likeness (QED) is 0.536. The molecule has 3 aromatic rings. The van der Waals surface area contributed by atoms with Crippen LogP contribution in [-0.4, -0.2) is 50.4 Å². The average molecular weight is 439 g/mol. The Morgan fingerprint density at radius 3 is 2.90 bits per heavy atom. The molecular formula is C22H23FN6OS. The molecule has 7 nitrogen and oxygen atoms in total. The molecule has 1 aliphatic rings. The molecule has 160 valence electrons. The summed E-state index contributed by atoms with van der Waals surface area (Å²) < 4.78 is 13.6. The Morgan fingerprint density at radius 1 is 1.35 bits per heavy atom. The summed E-state index contributed by atoms with van der Waals surface area (Å²) in [6.07, 6.45) is 5.78. The van der Waals surface area contributed by atoms with Gasteiger partial charge in [-0.05, 0) is 24.3 Å². The molecular weight excluding hydrogens is 415 g/mol. The van der Waals surface area contributed by atoms with Gasteiger partial charge in [-0.15, -0.1) is 11.3 Å². The molecule has 0 atom stereocenters. The molecule has 1 aliphatic heterocycles. The molecule has 1 saturated heterocycles. The number of aromatic nitrogens is 4. The maximum Gasteiger partial charge on any atom is 0.271 e. The first-order chi connectivity index (χ1) is 15.1. The normalized spacial score (nSPS) is 14.2. The van der Waals surface area contributed by atoms with Gasteiger partial charge < -0.3 is 15.2 Å². The van der Waals surface area contributed by atoms with Crippen molar-refractivity contribution in [3.63, 3.8) is 0 Å². The molecule has 1 amide bonds. The number of nitrogens with zero attached hydrogens (tertiary/aromatic N) is 4. The summed E-state index contributed by atoms with van der Waals surface area (Å²) in [5.41, 5.74) is 2.29. The Kier molecular flexibility index (Phi) is 6.34. The van der Waals surface area contributed by atoms with E-state index in [0.29, 0.717) is 11.6 Å². The van der Waals surface area contributed by atoms with Gasteiger partial charge in [-0.3, -0.25) is 9.78 Å². The molecule has 3 aromatic heterocycles. The summed E-state index contributed by atoms with van der Waals surface area (Å²) in [4.78, 5) is 30.9. The second-order valence-electron chi connectivity index (χ2n) is 7.28. The smallest absolute Gasteiger partial charge is 0.271 e. The van der Waals surface area contributed by atoms with Crippen molar-refractivity contribution >= 4 is 29.4 Å². The van der Waals surface area contributed by atoms with Crippen LogP contribution < -0.4 is 5.32 Å². The van der Waals surface area contributed by atoms with E-state index in [1.54, 1.807) is 17.5 Å². The molecule has 0 bridgehead atoms. The first-order valence-corrected chi connectivity index (χ1v) is 10.8. The largest absolute Gasteiger partial charge is 0.345 e. The zero-order valence-corrected chi connectivity index (χ0v) is 17.8. The van der Waals surface area contributed by atoms with Crippen molar-refractivity contribution in [2.24, 2.45) is 0 Å². The van der Waals surface area contributed by atoms with Crippen LogP contribution in [0.5, 0.6) is 0 Å². The molecule has 0 aromatic carbocycles. The third-order valence-corrected chi connectivity index (χ3v) is 6.19. The number of pyridine rings is 1. The maximum absolute atomic E-state index is 13.6. The number of carbonyl (C=O) groups excluding carboxylic acids is 1. The number of aromatic amines is 1. The number of hydrogen-bond acceptors (Lipinski definition) is 6. The first-order valence-electron chi connectivity index (χ1n) is 9.96. The van der Waals surface area contributed by atoms with Gasteiger partial charge in [-0.25, -0.2) is 14.4 Å². The van der Waals surface area contributed by atoms with Crippen molar-refractivity contribution in [2.45, 2.75) is 18.9 Å². The zero-order valence-electron chi connectivity index (χ0n) is 17.0. The summed E-state index contributed by atoms with van der Waals surface area (Å²) >= 11 is 1.49. The van der Waals surface area contributed by atoms with Crippen LogP contribution >= 0.6 is 11.3 Å². The standard InChI is InChI=1S/C22H23FN6OS/c1-3-16-17(4-2)27-20(26-16)7-9-29-11-14(12-29)22-28-19(13-31-22)21(30)25-10-18-15(23)6-5-8-24-18/h3-6,8,13-14H,1-2,7,9-12H2,(H,25,30)(H,26,27). The summed E-state index contributed by atoms with van der Waals surface area (Å²) in [5, 5.41) is 5.37. The lowest BCUT2D eigenvalue weighted by atomic mass is 10.0. The second kappa shape index (κ2) is 9.32. The molecule has 4 rings (SSSR count). The number of halogens is 1. The van der Waals surface area contributed by atoms with E-state index >= 15 is 0 Å². The molecule has 4 heterocycles. The number of hydrogen-bond donors (Lipinski definition) is 2. The van der Waals surface area contributed by atoms with Crippen LogP contribution in [0.15, 0.2) is 36.9 Å². The fraction of sp³-hybridized carbons (Fsp3) is 0.273. The number of H-pyrrole nitrogens is 1. The Hall–Kier alpha value is -3.17. The summed E-state index contributed by atoms with van der Waals surface area (Å²) in [7, 11) is 0. The third-order valence-electron chi connectivity index (χ3n) is 5.18. The number of likely N-dealkylation sites (tertiary alicyclic amines) is 1. The van der Waals surface area contributed by atoms with E-state index in [9.17, 15) is 9.18 Å². The molecule has 9 heteroatoms. The SMILES string of the molecule is C=Cc1nc(CCN2CC(c3nc(C(=O)NCc4ncccc4F)cs3)C2)[nH]c1C=C. The fourth-order valence-electron chi connectivity index (χ4n) is 3.44. The minimum Gasteiger partial charge on any atom is -0.345 e. The van der Waals surface area contributed by atoms with Gasteiger partial charge in [0.05, 0.1) is 28.6 Å². The van der Waals surface area contributed by atoms with Crippen LogP contribution in [0.1, 0.15) is 44.3 Å². The van der Waals surface area contributed by atoms with Crippen molar-refractivity contribution in [3.05, 3.63) is 76.3 Å². The Morgan fingerprint density at radius 2 is 2.19 bits per heavy atom. The molecule has 2 N–H and O–H groups in total. The first kappa shape index (κ1) is 21.1. The van der Waals surface area contributed by atoms with Crippen molar-refractivity contribution in [2.75, 3.05) is 19.6 Å². The van der Waals surface area contributed by atoms with Gasteiger partial charge in [-0.2, -0.15) is 0 Å². The lowest BCUT2D eigenvalue weighted by Crippen LogP contribution is -2.45. The maximum atomic E-state index is 13.6. The fourth-order valence-corrected chi connectivity index (χ4v) is 4.32. The average Bonchev–Trinajstić information content (AvgIpc) is 3.39. The van der Waals surface area contributed by atoms with Gasteiger partial charge in [0.15, 0.2) is 0 Å². The number of rotatable bonds is 9. The second-order valence-corrected chi connectivity index (χ2v) is 8.17. The number of thiazole rings is 1. The predicted octanol–water partition coefficient (Wildman–Crippen LogP) is 3.26. The van der Waals surface area contributed by atoms with Crippen LogP contribution in [0.2, 0.25) is 0 Å². The minimum absolute atomic E-state index is 0.0312. The van der Waals surface area contributed by atoms with Gasteiger partial charge in [0, 0.05) is 43.5 Å².